The molecule has 2 aromatic rings. The highest BCUT2D eigenvalue weighted by Crippen LogP contribution is 2.35. The van der Waals surface area contributed by atoms with E-state index in [9.17, 15) is 5.11 Å². The summed E-state index contributed by atoms with van der Waals surface area (Å²) in [5, 5.41) is 16.2. The summed E-state index contributed by atoms with van der Waals surface area (Å²) in [6.07, 6.45) is 5.04. The average molecular weight is 283 g/mol. The molecule has 112 valence electrons. The number of aromatic hydroxyl groups is 1. The Kier molecular flexibility index (Phi) is 3.90. The van der Waals surface area contributed by atoms with Crippen molar-refractivity contribution in [3.8, 4) is 5.75 Å². The lowest BCUT2D eigenvalue weighted by Crippen LogP contribution is -2.35. The number of phenols is 1. The molecule has 2 nitrogen and oxygen atoms in total. The summed E-state index contributed by atoms with van der Waals surface area (Å²) < 4.78 is 0. The van der Waals surface area contributed by atoms with E-state index in [1.165, 1.54) is 31.1 Å². The van der Waals surface area contributed by atoms with Gasteiger partial charge in [-0.15, -0.1) is 0 Å². The number of fused-ring (bicyclic) bond motifs is 1. The monoisotopic (exact) mass is 283 g/mol. The summed E-state index contributed by atoms with van der Waals surface area (Å²) in [5.74, 6) is 0.400. The topological polar surface area (TPSA) is 32.3 Å². The Bertz CT molecular complexity index is 622. The highest BCUT2D eigenvalue weighted by molar-refractivity contribution is 5.87. The van der Waals surface area contributed by atoms with Gasteiger partial charge in [0.05, 0.1) is 0 Å². The van der Waals surface area contributed by atoms with Gasteiger partial charge in [0.25, 0.3) is 0 Å². The van der Waals surface area contributed by atoms with E-state index in [2.05, 4.69) is 31.3 Å². The van der Waals surface area contributed by atoms with Crippen molar-refractivity contribution in [1.82, 2.24) is 5.32 Å². The molecule has 0 amide bonds. The Morgan fingerprint density at radius 1 is 1.10 bits per heavy atom. The molecule has 1 fully saturated rings. The molecule has 0 bridgehead atoms. The molecule has 2 N–H and O–H groups in total. The zero-order valence-corrected chi connectivity index (χ0v) is 13.0. The largest absolute Gasteiger partial charge is 0.508 e. The third-order valence-corrected chi connectivity index (χ3v) is 4.92. The minimum absolute atomic E-state index is 0.400. The lowest BCUT2D eigenvalue weighted by atomic mass is 9.75. The fraction of sp³-hybridized carbons (Fsp3) is 0.474. The van der Waals surface area contributed by atoms with Gasteiger partial charge in [-0.05, 0) is 47.9 Å². The Hall–Kier alpha value is -1.54. The standard InChI is InChI=1S/C19H25NO/c1-19(2)11-9-15(10-12-19)20-13-17-16-6-4-3-5-14(16)7-8-18(17)21/h3-8,15,20-21H,9-13H2,1-2H3. The van der Waals surface area contributed by atoms with Gasteiger partial charge in [0.1, 0.15) is 5.75 Å². The summed E-state index contributed by atoms with van der Waals surface area (Å²) in [7, 11) is 0. The molecule has 1 aliphatic rings. The Labute approximate surface area is 127 Å². The van der Waals surface area contributed by atoms with Gasteiger partial charge in [-0.25, -0.2) is 0 Å². The van der Waals surface area contributed by atoms with Crippen LogP contribution in [0.5, 0.6) is 5.75 Å². The molecule has 0 aliphatic heterocycles. The summed E-state index contributed by atoms with van der Waals surface area (Å²) in [6.45, 7) is 5.47. The third kappa shape index (κ3) is 3.21. The van der Waals surface area contributed by atoms with E-state index >= 15 is 0 Å². The molecule has 0 atom stereocenters. The molecular weight excluding hydrogens is 258 g/mol. The average Bonchev–Trinajstić information content (AvgIpc) is 2.47. The van der Waals surface area contributed by atoms with Crippen LogP contribution in [0.1, 0.15) is 45.1 Å². The number of hydrogen-bond acceptors (Lipinski definition) is 2. The minimum Gasteiger partial charge on any atom is -0.508 e. The number of rotatable bonds is 3. The SMILES string of the molecule is CC1(C)CCC(NCc2c(O)ccc3ccccc23)CC1. The molecule has 1 aliphatic carbocycles. The van der Waals surface area contributed by atoms with Crippen LogP contribution in [0.25, 0.3) is 10.8 Å². The second kappa shape index (κ2) is 5.69. The second-order valence-corrected chi connectivity index (χ2v) is 7.10. The number of hydrogen-bond donors (Lipinski definition) is 2. The van der Waals surface area contributed by atoms with Crippen molar-refractivity contribution in [1.29, 1.82) is 0 Å². The van der Waals surface area contributed by atoms with Gasteiger partial charge in [-0.1, -0.05) is 44.2 Å². The summed E-state index contributed by atoms with van der Waals surface area (Å²) in [6, 6.07) is 12.6. The van der Waals surface area contributed by atoms with E-state index in [1.807, 2.05) is 24.3 Å². The smallest absolute Gasteiger partial charge is 0.120 e. The molecule has 1 saturated carbocycles. The fourth-order valence-corrected chi connectivity index (χ4v) is 3.36. The van der Waals surface area contributed by atoms with E-state index in [-0.39, 0.29) is 0 Å². The first kappa shape index (κ1) is 14.4. The van der Waals surface area contributed by atoms with E-state index in [0.717, 1.165) is 17.5 Å². The van der Waals surface area contributed by atoms with Crippen LogP contribution in [-0.4, -0.2) is 11.1 Å². The van der Waals surface area contributed by atoms with Crippen LogP contribution >= 0.6 is 0 Å². The molecule has 0 heterocycles. The molecule has 2 heteroatoms. The zero-order valence-electron chi connectivity index (χ0n) is 13.0. The van der Waals surface area contributed by atoms with E-state index in [0.29, 0.717) is 17.2 Å². The van der Waals surface area contributed by atoms with Crippen LogP contribution < -0.4 is 5.32 Å². The lowest BCUT2D eigenvalue weighted by molar-refractivity contribution is 0.206. The molecular formula is C19H25NO. The predicted octanol–water partition coefficient (Wildman–Crippen LogP) is 4.60. The Morgan fingerprint density at radius 2 is 1.81 bits per heavy atom. The van der Waals surface area contributed by atoms with Crippen LogP contribution in [0.2, 0.25) is 0 Å². The predicted molar refractivity (Wildman–Crippen MR) is 88.5 cm³/mol. The minimum atomic E-state index is 0.400. The number of benzene rings is 2. The normalized spacial score (nSPS) is 19.0. The van der Waals surface area contributed by atoms with Crippen LogP contribution in [0, 0.1) is 5.41 Å². The summed E-state index contributed by atoms with van der Waals surface area (Å²) >= 11 is 0. The zero-order chi connectivity index (χ0) is 14.9. The Balaban J connectivity index is 1.72. The first-order chi connectivity index (χ1) is 10.1. The lowest BCUT2D eigenvalue weighted by Gasteiger charge is -2.34. The van der Waals surface area contributed by atoms with Crippen molar-refractivity contribution >= 4 is 10.8 Å². The molecule has 0 radical (unpaired) electrons. The highest BCUT2D eigenvalue weighted by Gasteiger charge is 2.26. The van der Waals surface area contributed by atoms with E-state index < -0.39 is 0 Å². The van der Waals surface area contributed by atoms with Gasteiger partial charge in [0, 0.05) is 18.2 Å². The number of phenolic OH excluding ortho intramolecular Hbond substituents is 1. The van der Waals surface area contributed by atoms with Gasteiger partial charge < -0.3 is 10.4 Å². The van der Waals surface area contributed by atoms with Gasteiger partial charge in [-0.2, -0.15) is 0 Å². The maximum Gasteiger partial charge on any atom is 0.120 e. The molecule has 0 saturated heterocycles. The summed E-state index contributed by atoms with van der Waals surface area (Å²) in [5.41, 5.74) is 1.53. The molecule has 0 aromatic heterocycles. The van der Waals surface area contributed by atoms with Crippen LogP contribution in [0.4, 0.5) is 0 Å². The van der Waals surface area contributed by atoms with Crippen LogP contribution in [0.15, 0.2) is 36.4 Å². The van der Waals surface area contributed by atoms with Gasteiger partial charge in [-0.3, -0.25) is 0 Å². The first-order valence-corrected chi connectivity index (χ1v) is 7.98. The van der Waals surface area contributed by atoms with Gasteiger partial charge >= 0.3 is 0 Å². The first-order valence-electron chi connectivity index (χ1n) is 7.98. The fourth-order valence-electron chi connectivity index (χ4n) is 3.36. The summed E-state index contributed by atoms with van der Waals surface area (Å²) in [4.78, 5) is 0. The highest BCUT2D eigenvalue weighted by atomic mass is 16.3. The number of nitrogens with one attached hydrogen (secondary N) is 1. The quantitative estimate of drug-likeness (QED) is 0.862. The Morgan fingerprint density at radius 3 is 2.57 bits per heavy atom. The van der Waals surface area contributed by atoms with Crippen molar-refractivity contribution in [2.45, 2.75) is 52.1 Å². The van der Waals surface area contributed by atoms with Crippen molar-refractivity contribution in [2.75, 3.05) is 0 Å². The third-order valence-electron chi connectivity index (χ3n) is 4.92. The maximum absolute atomic E-state index is 10.2. The van der Waals surface area contributed by atoms with Gasteiger partial charge in [0.15, 0.2) is 0 Å². The van der Waals surface area contributed by atoms with Crippen LogP contribution in [0.3, 0.4) is 0 Å². The molecule has 0 spiro atoms. The molecule has 0 unspecified atom stereocenters. The van der Waals surface area contributed by atoms with Gasteiger partial charge in [0.2, 0.25) is 0 Å². The van der Waals surface area contributed by atoms with Crippen molar-refractivity contribution in [3.05, 3.63) is 42.0 Å². The molecule has 3 rings (SSSR count). The van der Waals surface area contributed by atoms with Crippen molar-refractivity contribution in [3.63, 3.8) is 0 Å². The van der Waals surface area contributed by atoms with Crippen molar-refractivity contribution < 1.29 is 5.11 Å². The van der Waals surface area contributed by atoms with E-state index in [4.69, 9.17) is 0 Å². The van der Waals surface area contributed by atoms with E-state index in [1.54, 1.807) is 0 Å². The molecule has 2 aromatic carbocycles. The van der Waals surface area contributed by atoms with Crippen molar-refractivity contribution in [2.24, 2.45) is 5.41 Å². The molecule has 21 heavy (non-hydrogen) atoms. The van der Waals surface area contributed by atoms with Crippen LogP contribution in [-0.2, 0) is 6.54 Å². The second-order valence-electron chi connectivity index (χ2n) is 7.10. The maximum atomic E-state index is 10.2.